The maximum Gasteiger partial charge on any atom is 0.251 e. The Morgan fingerprint density at radius 1 is 1.83 bits per heavy atom. The number of rotatable bonds is 3. The lowest BCUT2D eigenvalue weighted by Gasteiger charge is -2.10. The van der Waals surface area contributed by atoms with Gasteiger partial charge in [0, 0.05) is 6.54 Å². The molecule has 1 fully saturated rings. The number of amides is 1. The van der Waals surface area contributed by atoms with Crippen molar-refractivity contribution < 1.29 is 4.79 Å². The highest BCUT2D eigenvalue weighted by Crippen LogP contribution is 2.08. The smallest absolute Gasteiger partial charge is 0.251 e. The zero-order valence-electron chi connectivity index (χ0n) is 7.04. The molecule has 66 valence electrons. The zero-order chi connectivity index (χ0) is 9.14. The molecule has 0 spiro atoms. The van der Waals surface area contributed by atoms with Crippen LogP contribution in [0.5, 0.6) is 0 Å². The third kappa shape index (κ3) is 1.48. The van der Waals surface area contributed by atoms with Gasteiger partial charge in [-0.15, -0.1) is 6.58 Å². The Labute approximate surface area is 77.4 Å². The molecular formula is C8H12N2OS. The highest BCUT2D eigenvalue weighted by atomic mass is 32.1. The van der Waals surface area contributed by atoms with Gasteiger partial charge in [0.1, 0.15) is 6.04 Å². The Morgan fingerprint density at radius 3 is 2.92 bits per heavy atom. The first kappa shape index (κ1) is 9.19. The summed E-state index contributed by atoms with van der Waals surface area (Å²) in [6.07, 6.45) is 2.44. The fourth-order valence-corrected chi connectivity index (χ4v) is 1.46. The summed E-state index contributed by atoms with van der Waals surface area (Å²) in [4.78, 5) is 13.0. The topological polar surface area (TPSA) is 32.3 Å². The fourth-order valence-electron chi connectivity index (χ4n) is 1.16. The van der Waals surface area contributed by atoms with E-state index in [-0.39, 0.29) is 11.9 Å². The highest BCUT2D eigenvalue weighted by molar-refractivity contribution is 7.80. The molecule has 1 aliphatic heterocycles. The average molecular weight is 184 g/mol. The molecule has 1 amide bonds. The lowest BCUT2D eigenvalue weighted by atomic mass is 10.2. The zero-order valence-corrected chi connectivity index (χ0v) is 7.86. The summed E-state index contributed by atoms with van der Waals surface area (Å²) in [6.45, 7) is 6.02. The van der Waals surface area contributed by atoms with Gasteiger partial charge in [0.15, 0.2) is 5.11 Å². The molecule has 1 aliphatic rings. The second-order valence-corrected chi connectivity index (χ2v) is 3.03. The van der Waals surface area contributed by atoms with Crippen molar-refractivity contribution in [2.24, 2.45) is 0 Å². The van der Waals surface area contributed by atoms with Gasteiger partial charge in [-0.2, -0.15) is 0 Å². The van der Waals surface area contributed by atoms with Crippen molar-refractivity contribution in [3.05, 3.63) is 12.7 Å². The van der Waals surface area contributed by atoms with Gasteiger partial charge in [-0.3, -0.25) is 9.69 Å². The van der Waals surface area contributed by atoms with Gasteiger partial charge in [-0.1, -0.05) is 13.0 Å². The molecule has 3 nitrogen and oxygen atoms in total. The normalized spacial score (nSPS) is 22.8. The molecule has 0 saturated carbocycles. The first-order chi connectivity index (χ1) is 5.70. The maximum absolute atomic E-state index is 11.5. The van der Waals surface area contributed by atoms with Crippen molar-refractivity contribution >= 4 is 23.2 Å². The van der Waals surface area contributed by atoms with Gasteiger partial charge in [-0.25, -0.2) is 0 Å². The largest absolute Gasteiger partial charge is 0.350 e. The first-order valence-corrected chi connectivity index (χ1v) is 4.34. The third-order valence-electron chi connectivity index (χ3n) is 1.83. The first-order valence-electron chi connectivity index (χ1n) is 3.93. The van der Waals surface area contributed by atoms with Crippen molar-refractivity contribution in [1.29, 1.82) is 0 Å². The Hall–Kier alpha value is -0.900. The molecule has 1 unspecified atom stereocenters. The second-order valence-electron chi connectivity index (χ2n) is 2.65. The molecule has 12 heavy (non-hydrogen) atoms. The van der Waals surface area contributed by atoms with Crippen LogP contribution in [0.4, 0.5) is 0 Å². The standard InChI is InChI=1S/C8H12N2OS/c1-3-5-10-7(11)6(4-2)9-8(10)12/h3,6H,1,4-5H2,2H3,(H,9,12). The molecule has 0 aromatic carbocycles. The Bertz CT molecular complexity index is 227. The van der Waals surface area contributed by atoms with E-state index in [1.807, 2.05) is 6.92 Å². The summed E-state index contributed by atoms with van der Waals surface area (Å²) in [6, 6.07) is -0.127. The lowest BCUT2D eigenvalue weighted by Crippen LogP contribution is -2.31. The van der Waals surface area contributed by atoms with Crippen LogP contribution in [0.1, 0.15) is 13.3 Å². The number of carbonyl (C=O) groups excluding carboxylic acids is 1. The van der Waals surface area contributed by atoms with Crippen molar-refractivity contribution in [2.75, 3.05) is 6.54 Å². The summed E-state index contributed by atoms with van der Waals surface area (Å²) < 4.78 is 0. The van der Waals surface area contributed by atoms with Crippen molar-refractivity contribution in [3.8, 4) is 0 Å². The Balaban J connectivity index is 2.70. The van der Waals surface area contributed by atoms with Crippen LogP contribution in [0.2, 0.25) is 0 Å². The minimum Gasteiger partial charge on any atom is -0.350 e. The van der Waals surface area contributed by atoms with Gasteiger partial charge in [0.2, 0.25) is 0 Å². The maximum atomic E-state index is 11.5. The van der Waals surface area contributed by atoms with E-state index in [0.717, 1.165) is 6.42 Å². The van der Waals surface area contributed by atoms with Crippen LogP contribution < -0.4 is 5.32 Å². The predicted octanol–water partition coefficient (Wildman–Crippen LogP) is 0.668. The summed E-state index contributed by atoms with van der Waals surface area (Å²) in [7, 11) is 0. The number of nitrogens with one attached hydrogen (secondary N) is 1. The van der Waals surface area contributed by atoms with E-state index in [9.17, 15) is 4.79 Å². The highest BCUT2D eigenvalue weighted by Gasteiger charge is 2.32. The van der Waals surface area contributed by atoms with Gasteiger partial charge in [-0.05, 0) is 18.6 Å². The molecule has 1 atom stereocenters. The summed E-state index contributed by atoms with van der Waals surface area (Å²) in [5, 5.41) is 3.47. The molecule has 0 aromatic heterocycles. The number of nitrogens with zero attached hydrogens (tertiary/aromatic N) is 1. The average Bonchev–Trinajstić information content (AvgIpc) is 2.32. The molecule has 0 aromatic rings. The minimum atomic E-state index is -0.127. The van der Waals surface area contributed by atoms with E-state index in [0.29, 0.717) is 11.7 Å². The quantitative estimate of drug-likeness (QED) is 0.517. The summed E-state index contributed by atoms with van der Waals surface area (Å²) in [5.41, 5.74) is 0. The Morgan fingerprint density at radius 2 is 2.50 bits per heavy atom. The van der Waals surface area contributed by atoms with Crippen molar-refractivity contribution in [1.82, 2.24) is 10.2 Å². The molecule has 1 saturated heterocycles. The van der Waals surface area contributed by atoms with E-state index in [4.69, 9.17) is 12.2 Å². The van der Waals surface area contributed by atoms with Crippen LogP contribution in [0.25, 0.3) is 0 Å². The third-order valence-corrected chi connectivity index (χ3v) is 2.17. The van der Waals surface area contributed by atoms with E-state index >= 15 is 0 Å². The number of hydrogen-bond donors (Lipinski definition) is 1. The van der Waals surface area contributed by atoms with E-state index in [1.54, 1.807) is 6.08 Å². The fraction of sp³-hybridized carbons (Fsp3) is 0.500. The second kappa shape index (κ2) is 3.67. The number of hydrogen-bond acceptors (Lipinski definition) is 2. The number of carbonyl (C=O) groups is 1. The SMILES string of the molecule is C=CCN1C(=O)C(CC)NC1=S. The van der Waals surface area contributed by atoms with Gasteiger partial charge < -0.3 is 5.32 Å². The van der Waals surface area contributed by atoms with Crippen LogP contribution in [-0.4, -0.2) is 28.5 Å². The molecule has 1 rings (SSSR count). The minimum absolute atomic E-state index is 0.0578. The molecule has 1 N–H and O–H groups in total. The van der Waals surface area contributed by atoms with Crippen LogP contribution >= 0.6 is 12.2 Å². The van der Waals surface area contributed by atoms with Crippen molar-refractivity contribution in [2.45, 2.75) is 19.4 Å². The van der Waals surface area contributed by atoms with Crippen LogP contribution in [-0.2, 0) is 4.79 Å². The molecule has 1 heterocycles. The van der Waals surface area contributed by atoms with Gasteiger partial charge in [0.25, 0.3) is 5.91 Å². The molecule has 4 heteroatoms. The van der Waals surface area contributed by atoms with Crippen molar-refractivity contribution in [3.63, 3.8) is 0 Å². The summed E-state index contributed by atoms with van der Waals surface area (Å²) >= 11 is 4.97. The van der Waals surface area contributed by atoms with E-state index in [1.165, 1.54) is 4.90 Å². The molecule has 0 bridgehead atoms. The van der Waals surface area contributed by atoms with Crippen LogP contribution in [0.3, 0.4) is 0 Å². The van der Waals surface area contributed by atoms with E-state index < -0.39 is 0 Å². The molecular weight excluding hydrogens is 172 g/mol. The van der Waals surface area contributed by atoms with Crippen LogP contribution in [0.15, 0.2) is 12.7 Å². The van der Waals surface area contributed by atoms with E-state index in [2.05, 4.69) is 11.9 Å². The Kier molecular flexibility index (Phi) is 2.81. The van der Waals surface area contributed by atoms with Gasteiger partial charge >= 0.3 is 0 Å². The van der Waals surface area contributed by atoms with Gasteiger partial charge in [0.05, 0.1) is 0 Å². The summed E-state index contributed by atoms with van der Waals surface area (Å²) in [5.74, 6) is 0.0578. The molecule has 0 aliphatic carbocycles. The molecule has 0 radical (unpaired) electrons. The number of thiocarbonyl (C=S) groups is 1. The van der Waals surface area contributed by atoms with Crippen LogP contribution in [0, 0.1) is 0 Å². The lowest BCUT2D eigenvalue weighted by molar-refractivity contribution is -0.126. The predicted molar refractivity (Wildman–Crippen MR) is 51.7 cm³/mol. The monoisotopic (exact) mass is 184 g/mol.